The van der Waals surface area contributed by atoms with E-state index in [1.165, 1.54) is 0 Å². The second-order valence-electron chi connectivity index (χ2n) is 6.23. The van der Waals surface area contributed by atoms with Crippen molar-refractivity contribution in [3.8, 4) is 5.75 Å². The number of anilines is 1. The van der Waals surface area contributed by atoms with Gasteiger partial charge in [-0.2, -0.15) is 0 Å². The molecule has 0 saturated heterocycles. The van der Waals surface area contributed by atoms with Gasteiger partial charge in [-0.25, -0.2) is 4.98 Å². The van der Waals surface area contributed by atoms with E-state index in [1.54, 1.807) is 14.0 Å². The number of nitrogens with zero attached hydrogens (tertiary/aromatic N) is 2. The largest absolute Gasteiger partial charge is 0.497 e. The normalized spacial score (nSPS) is 18.7. The predicted octanol–water partition coefficient (Wildman–Crippen LogP) is 2.77. The second-order valence-corrected chi connectivity index (χ2v) is 6.23. The van der Waals surface area contributed by atoms with Crippen molar-refractivity contribution in [1.29, 1.82) is 0 Å². The third-order valence-electron chi connectivity index (χ3n) is 4.68. The fraction of sp³-hybridized carbons (Fsp3) is 0.250. The molecule has 0 saturated carbocycles. The number of methoxy groups -OCH3 is 1. The Balaban J connectivity index is 1.96. The molecule has 27 heavy (non-hydrogen) atoms. The van der Waals surface area contributed by atoms with Crippen LogP contribution in [0.2, 0.25) is 0 Å². The Morgan fingerprint density at radius 3 is 2.81 bits per heavy atom. The summed E-state index contributed by atoms with van der Waals surface area (Å²) >= 11 is 0. The second kappa shape index (κ2) is 6.75. The summed E-state index contributed by atoms with van der Waals surface area (Å²) in [6, 6.07) is 14.3. The van der Waals surface area contributed by atoms with Crippen LogP contribution in [-0.2, 0) is 14.3 Å². The van der Waals surface area contributed by atoms with Gasteiger partial charge >= 0.3 is 5.97 Å². The van der Waals surface area contributed by atoms with Gasteiger partial charge in [-0.3, -0.25) is 14.9 Å². The maximum Gasteiger partial charge on any atom is 0.321 e. The number of carbonyl (C=O) groups is 2. The standard InChI is InChI=1S/C20H19N3O4/c1-3-27-19(25)16-17(12-7-6-8-13(11-12)26-2)23-15-10-5-4-9-14(15)21-20(23)22-18(16)24/h4-11,16-17H,3H2,1-2H3,(H,21,22,24)/t16-,17+/m1/s1. The Morgan fingerprint density at radius 2 is 2.04 bits per heavy atom. The molecule has 0 radical (unpaired) electrons. The van der Waals surface area contributed by atoms with Gasteiger partial charge in [0, 0.05) is 0 Å². The Kier molecular flexibility index (Phi) is 4.27. The van der Waals surface area contributed by atoms with E-state index in [1.807, 2.05) is 53.1 Å². The van der Waals surface area contributed by atoms with Crippen molar-refractivity contribution in [1.82, 2.24) is 9.55 Å². The lowest BCUT2D eigenvalue weighted by Crippen LogP contribution is -2.43. The van der Waals surface area contributed by atoms with E-state index >= 15 is 0 Å². The molecular formula is C20H19N3O4. The van der Waals surface area contributed by atoms with Gasteiger partial charge in [0.25, 0.3) is 0 Å². The van der Waals surface area contributed by atoms with Crippen LogP contribution in [0.1, 0.15) is 18.5 Å². The molecule has 0 unspecified atom stereocenters. The zero-order valence-corrected chi connectivity index (χ0v) is 15.0. The van der Waals surface area contributed by atoms with Crippen molar-refractivity contribution < 1.29 is 19.1 Å². The van der Waals surface area contributed by atoms with Crippen molar-refractivity contribution >= 4 is 28.9 Å². The molecule has 0 bridgehead atoms. The first-order chi connectivity index (χ1) is 13.1. The van der Waals surface area contributed by atoms with Gasteiger partial charge in [-0.15, -0.1) is 0 Å². The fourth-order valence-electron chi connectivity index (χ4n) is 3.53. The summed E-state index contributed by atoms with van der Waals surface area (Å²) in [4.78, 5) is 30.0. The molecule has 7 nitrogen and oxygen atoms in total. The lowest BCUT2D eigenvalue weighted by molar-refractivity contribution is -0.152. The summed E-state index contributed by atoms with van der Waals surface area (Å²) in [6.07, 6.45) is 0. The number of benzene rings is 2. The maximum atomic E-state index is 12.8. The van der Waals surface area contributed by atoms with Gasteiger partial charge < -0.3 is 14.0 Å². The fourth-order valence-corrected chi connectivity index (χ4v) is 3.53. The van der Waals surface area contributed by atoms with Crippen molar-refractivity contribution in [3.63, 3.8) is 0 Å². The molecule has 138 valence electrons. The number of hydrogen-bond donors (Lipinski definition) is 1. The van der Waals surface area contributed by atoms with Crippen LogP contribution in [0.4, 0.5) is 5.95 Å². The zero-order chi connectivity index (χ0) is 19.0. The van der Waals surface area contributed by atoms with Gasteiger partial charge in [-0.05, 0) is 36.8 Å². The Morgan fingerprint density at radius 1 is 1.22 bits per heavy atom. The highest BCUT2D eigenvalue weighted by Gasteiger charge is 2.44. The Labute approximate surface area is 155 Å². The van der Waals surface area contributed by atoms with E-state index < -0.39 is 23.8 Å². The number of nitrogens with one attached hydrogen (secondary N) is 1. The van der Waals surface area contributed by atoms with Crippen LogP contribution < -0.4 is 10.1 Å². The van der Waals surface area contributed by atoms with Crippen LogP contribution in [0.5, 0.6) is 5.75 Å². The molecular weight excluding hydrogens is 346 g/mol. The molecule has 2 aromatic carbocycles. The number of esters is 1. The van der Waals surface area contributed by atoms with E-state index in [2.05, 4.69) is 10.3 Å². The van der Waals surface area contributed by atoms with E-state index in [9.17, 15) is 9.59 Å². The SMILES string of the molecule is CCOC(=O)[C@H]1C(=O)Nc2nc3ccccc3n2[C@H]1c1cccc(OC)c1. The lowest BCUT2D eigenvalue weighted by atomic mass is 9.90. The number of fused-ring (bicyclic) bond motifs is 3. The average Bonchev–Trinajstić information content (AvgIpc) is 3.04. The molecule has 4 rings (SSSR count). The number of imidazole rings is 1. The first kappa shape index (κ1) is 17.1. The van der Waals surface area contributed by atoms with Gasteiger partial charge in [0.1, 0.15) is 5.75 Å². The minimum atomic E-state index is -1.03. The topological polar surface area (TPSA) is 82.5 Å². The highest BCUT2D eigenvalue weighted by molar-refractivity contribution is 6.07. The molecule has 3 aromatic rings. The minimum Gasteiger partial charge on any atom is -0.497 e. The summed E-state index contributed by atoms with van der Waals surface area (Å²) in [6.45, 7) is 1.92. The van der Waals surface area contributed by atoms with E-state index in [4.69, 9.17) is 9.47 Å². The highest BCUT2D eigenvalue weighted by atomic mass is 16.5. The predicted molar refractivity (Wildman–Crippen MR) is 99.6 cm³/mol. The number of carbonyl (C=O) groups excluding carboxylic acids is 2. The first-order valence-electron chi connectivity index (χ1n) is 8.72. The monoisotopic (exact) mass is 365 g/mol. The average molecular weight is 365 g/mol. The van der Waals surface area contributed by atoms with Crippen LogP contribution >= 0.6 is 0 Å². The van der Waals surface area contributed by atoms with Crippen LogP contribution in [-0.4, -0.2) is 35.1 Å². The van der Waals surface area contributed by atoms with E-state index in [0.717, 1.165) is 16.6 Å². The molecule has 0 aliphatic carbocycles. The summed E-state index contributed by atoms with van der Waals surface area (Å²) in [5.41, 5.74) is 2.34. The molecule has 1 N–H and O–H groups in total. The van der Waals surface area contributed by atoms with Crippen molar-refractivity contribution in [2.45, 2.75) is 13.0 Å². The van der Waals surface area contributed by atoms with Gasteiger partial charge in [0.15, 0.2) is 5.92 Å². The van der Waals surface area contributed by atoms with Crippen molar-refractivity contribution in [3.05, 3.63) is 54.1 Å². The highest BCUT2D eigenvalue weighted by Crippen LogP contribution is 2.39. The molecule has 1 aliphatic heterocycles. The third-order valence-corrected chi connectivity index (χ3v) is 4.68. The number of hydrogen-bond acceptors (Lipinski definition) is 5. The van der Waals surface area contributed by atoms with Crippen molar-refractivity contribution in [2.24, 2.45) is 5.92 Å². The molecule has 2 atom stereocenters. The van der Waals surface area contributed by atoms with Crippen LogP contribution in [0, 0.1) is 5.92 Å². The number of aromatic nitrogens is 2. The number of ether oxygens (including phenoxy) is 2. The molecule has 1 aliphatic rings. The first-order valence-corrected chi connectivity index (χ1v) is 8.72. The van der Waals surface area contributed by atoms with Gasteiger partial charge in [0.05, 0.1) is 30.8 Å². The smallest absolute Gasteiger partial charge is 0.321 e. The molecule has 7 heteroatoms. The molecule has 0 fully saturated rings. The maximum absolute atomic E-state index is 12.8. The van der Waals surface area contributed by atoms with E-state index in [-0.39, 0.29) is 6.61 Å². The Bertz CT molecular complexity index is 1030. The summed E-state index contributed by atoms with van der Waals surface area (Å²) < 4.78 is 12.4. The van der Waals surface area contributed by atoms with E-state index in [0.29, 0.717) is 11.7 Å². The zero-order valence-electron chi connectivity index (χ0n) is 15.0. The van der Waals surface area contributed by atoms with Crippen LogP contribution in [0.3, 0.4) is 0 Å². The summed E-state index contributed by atoms with van der Waals surface area (Å²) in [5.74, 6) is -0.959. The van der Waals surface area contributed by atoms with Crippen LogP contribution in [0.25, 0.3) is 11.0 Å². The summed E-state index contributed by atoms with van der Waals surface area (Å²) in [5, 5.41) is 2.75. The summed E-state index contributed by atoms with van der Waals surface area (Å²) in [7, 11) is 1.58. The number of rotatable bonds is 4. The van der Waals surface area contributed by atoms with Gasteiger partial charge in [-0.1, -0.05) is 24.3 Å². The molecule has 1 aromatic heterocycles. The number of amides is 1. The third kappa shape index (κ3) is 2.81. The number of para-hydroxylation sites is 2. The van der Waals surface area contributed by atoms with Gasteiger partial charge in [0.2, 0.25) is 11.9 Å². The molecule has 0 spiro atoms. The van der Waals surface area contributed by atoms with Crippen LogP contribution in [0.15, 0.2) is 48.5 Å². The Hall–Kier alpha value is -3.35. The minimum absolute atomic E-state index is 0.199. The molecule has 2 heterocycles. The van der Waals surface area contributed by atoms with Crippen molar-refractivity contribution in [2.75, 3.05) is 19.0 Å². The molecule has 1 amide bonds. The quantitative estimate of drug-likeness (QED) is 0.568. The lowest BCUT2D eigenvalue weighted by Gasteiger charge is -2.32.